The Hall–Kier alpha value is -2.79. The molecule has 0 aromatic heterocycles. The van der Waals surface area contributed by atoms with E-state index in [4.69, 9.17) is 26.2 Å². The van der Waals surface area contributed by atoms with Crippen LogP contribution in [0.4, 0.5) is 0 Å². The second-order valence-corrected chi connectivity index (χ2v) is 5.86. The minimum Gasteiger partial charge on any atom is -0.496 e. The van der Waals surface area contributed by atoms with Crippen molar-refractivity contribution in [2.75, 3.05) is 13.7 Å². The molecule has 2 rings (SSSR count). The van der Waals surface area contributed by atoms with E-state index in [1.807, 2.05) is 18.2 Å². The van der Waals surface area contributed by atoms with Crippen LogP contribution in [0.15, 0.2) is 48.5 Å². The summed E-state index contributed by atoms with van der Waals surface area (Å²) in [4.78, 5) is 23.1. The first-order valence-corrected chi connectivity index (χ1v) is 8.38. The van der Waals surface area contributed by atoms with Crippen molar-refractivity contribution < 1.29 is 24.2 Å². The van der Waals surface area contributed by atoms with E-state index in [0.717, 1.165) is 5.56 Å². The third-order valence-electron chi connectivity index (χ3n) is 3.55. The Morgan fingerprint density at radius 1 is 1.15 bits per heavy atom. The van der Waals surface area contributed by atoms with Crippen molar-refractivity contribution in [1.82, 2.24) is 0 Å². The van der Waals surface area contributed by atoms with Gasteiger partial charge in [0.25, 0.3) is 0 Å². The largest absolute Gasteiger partial charge is 0.496 e. The van der Waals surface area contributed by atoms with E-state index >= 15 is 0 Å². The minimum atomic E-state index is -0.888. The standard InChI is InChI=1S/C20H19ClO5/c1-25-18-6-3-2-5-14(18)8-10-17(22)16-13-15(21)9-11-19(16)26-12-4-7-20(23)24/h2-3,5-6,8-11,13H,4,7,12H2,1H3,(H,23,24)/b10-8+. The Bertz CT molecular complexity index is 814. The van der Waals surface area contributed by atoms with E-state index in [-0.39, 0.29) is 18.8 Å². The van der Waals surface area contributed by atoms with Gasteiger partial charge in [0.05, 0.1) is 19.3 Å². The molecule has 0 spiro atoms. The lowest BCUT2D eigenvalue weighted by Crippen LogP contribution is -2.05. The first-order valence-electron chi connectivity index (χ1n) is 8.01. The number of benzene rings is 2. The van der Waals surface area contributed by atoms with E-state index in [1.54, 1.807) is 31.4 Å². The third kappa shape index (κ3) is 5.63. The van der Waals surface area contributed by atoms with Crippen molar-refractivity contribution in [2.45, 2.75) is 12.8 Å². The Morgan fingerprint density at radius 2 is 1.92 bits per heavy atom. The molecule has 0 heterocycles. The van der Waals surface area contributed by atoms with Crippen LogP contribution in [0.2, 0.25) is 5.02 Å². The van der Waals surface area contributed by atoms with Crippen LogP contribution in [0.1, 0.15) is 28.8 Å². The van der Waals surface area contributed by atoms with Crippen LogP contribution in [0, 0.1) is 0 Å². The maximum absolute atomic E-state index is 12.6. The summed E-state index contributed by atoms with van der Waals surface area (Å²) in [6.07, 6.45) is 3.44. The number of hydrogen-bond acceptors (Lipinski definition) is 4. The van der Waals surface area contributed by atoms with E-state index in [1.165, 1.54) is 12.1 Å². The molecule has 1 N–H and O–H groups in total. The van der Waals surface area contributed by atoms with Crippen LogP contribution >= 0.6 is 11.6 Å². The number of ether oxygens (including phenoxy) is 2. The zero-order valence-corrected chi connectivity index (χ0v) is 15.0. The molecule has 0 saturated heterocycles. The summed E-state index contributed by atoms with van der Waals surface area (Å²) >= 11 is 6.00. The van der Waals surface area contributed by atoms with E-state index in [9.17, 15) is 9.59 Å². The number of ketones is 1. The fraction of sp³-hybridized carbons (Fsp3) is 0.200. The van der Waals surface area contributed by atoms with Gasteiger partial charge in [0.15, 0.2) is 5.78 Å². The van der Waals surface area contributed by atoms with Gasteiger partial charge in [0, 0.05) is 17.0 Å². The molecule has 0 bridgehead atoms. The van der Waals surface area contributed by atoms with Crippen LogP contribution in [0.25, 0.3) is 6.08 Å². The molecule has 0 saturated carbocycles. The number of rotatable bonds is 9. The Kier molecular flexibility index (Phi) is 7.24. The number of halogens is 1. The Balaban J connectivity index is 2.15. The predicted molar refractivity (Wildman–Crippen MR) is 100 cm³/mol. The van der Waals surface area contributed by atoms with Gasteiger partial charge in [-0.25, -0.2) is 0 Å². The fourth-order valence-electron chi connectivity index (χ4n) is 2.29. The SMILES string of the molecule is COc1ccccc1/C=C/C(=O)c1cc(Cl)ccc1OCCCC(=O)O. The van der Waals surface area contributed by atoms with Gasteiger partial charge < -0.3 is 14.6 Å². The molecule has 0 atom stereocenters. The van der Waals surface area contributed by atoms with Crippen molar-refractivity contribution >= 4 is 29.4 Å². The number of hydrogen-bond donors (Lipinski definition) is 1. The van der Waals surface area contributed by atoms with Crippen molar-refractivity contribution in [3.8, 4) is 11.5 Å². The highest BCUT2D eigenvalue weighted by Crippen LogP contribution is 2.25. The van der Waals surface area contributed by atoms with E-state index in [2.05, 4.69) is 0 Å². The van der Waals surface area contributed by atoms with Gasteiger partial charge >= 0.3 is 5.97 Å². The molecular formula is C20H19ClO5. The van der Waals surface area contributed by atoms with Gasteiger partial charge in [-0.05, 0) is 42.8 Å². The fourth-order valence-corrected chi connectivity index (χ4v) is 2.46. The summed E-state index contributed by atoms with van der Waals surface area (Å²) in [5.41, 5.74) is 1.09. The number of methoxy groups -OCH3 is 1. The summed E-state index contributed by atoms with van der Waals surface area (Å²) < 4.78 is 10.8. The molecule has 0 fully saturated rings. The lowest BCUT2D eigenvalue weighted by molar-refractivity contribution is -0.137. The van der Waals surface area contributed by atoms with Crippen molar-refractivity contribution in [1.29, 1.82) is 0 Å². The van der Waals surface area contributed by atoms with Crippen molar-refractivity contribution in [2.24, 2.45) is 0 Å². The molecule has 5 nitrogen and oxygen atoms in total. The van der Waals surface area contributed by atoms with Gasteiger partial charge in [-0.15, -0.1) is 0 Å². The number of carboxylic acid groups (broad SMARTS) is 1. The second kappa shape index (κ2) is 9.63. The zero-order chi connectivity index (χ0) is 18.9. The molecule has 0 unspecified atom stereocenters. The number of aliphatic carboxylic acids is 1. The maximum atomic E-state index is 12.6. The normalized spacial score (nSPS) is 10.7. The Morgan fingerprint density at radius 3 is 2.65 bits per heavy atom. The van der Waals surface area contributed by atoms with Gasteiger partial charge in [-0.3, -0.25) is 9.59 Å². The number of carbonyl (C=O) groups excluding carboxylic acids is 1. The predicted octanol–water partition coefficient (Wildman–Crippen LogP) is 4.49. The molecule has 0 radical (unpaired) electrons. The van der Waals surface area contributed by atoms with Crippen LogP contribution in [-0.2, 0) is 4.79 Å². The lowest BCUT2D eigenvalue weighted by Gasteiger charge is -2.10. The molecular weight excluding hydrogens is 356 g/mol. The monoisotopic (exact) mass is 374 g/mol. The molecule has 2 aromatic carbocycles. The Labute approximate surface area is 156 Å². The van der Waals surface area contributed by atoms with Crippen LogP contribution in [-0.4, -0.2) is 30.6 Å². The number of allylic oxidation sites excluding steroid dienone is 1. The molecule has 0 aliphatic carbocycles. The first-order chi connectivity index (χ1) is 12.5. The number of carbonyl (C=O) groups is 2. The van der Waals surface area contributed by atoms with Crippen molar-refractivity contribution in [3.05, 3.63) is 64.7 Å². The average molecular weight is 375 g/mol. The lowest BCUT2D eigenvalue weighted by atomic mass is 10.1. The molecule has 2 aromatic rings. The van der Waals surface area contributed by atoms with Gasteiger partial charge in [-0.2, -0.15) is 0 Å². The van der Waals surface area contributed by atoms with Crippen LogP contribution in [0.3, 0.4) is 0 Å². The molecule has 0 aliphatic heterocycles. The molecule has 26 heavy (non-hydrogen) atoms. The highest BCUT2D eigenvalue weighted by atomic mass is 35.5. The van der Waals surface area contributed by atoms with Crippen molar-refractivity contribution in [3.63, 3.8) is 0 Å². The maximum Gasteiger partial charge on any atom is 0.303 e. The molecule has 0 aliphatic rings. The zero-order valence-electron chi connectivity index (χ0n) is 14.3. The van der Waals surface area contributed by atoms with Gasteiger partial charge in [0.2, 0.25) is 0 Å². The summed E-state index contributed by atoms with van der Waals surface area (Å²) in [5, 5.41) is 9.08. The summed E-state index contributed by atoms with van der Waals surface area (Å²) in [6.45, 7) is 0.199. The highest BCUT2D eigenvalue weighted by molar-refractivity contribution is 6.31. The smallest absolute Gasteiger partial charge is 0.303 e. The topological polar surface area (TPSA) is 72.8 Å². The van der Waals surface area contributed by atoms with E-state index in [0.29, 0.717) is 28.5 Å². The number of carboxylic acids is 1. The summed E-state index contributed by atoms with van der Waals surface area (Å²) in [5.74, 6) is -0.130. The third-order valence-corrected chi connectivity index (χ3v) is 3.79. The van der Waals surface area contributed by atoms with Crippen LogP contribution in [0.5, 0.6) is 11.5 Å². The van der Waals surface area contributed by atoms with Gasteiger partial charge in [-0.1, -0.05) is 29.8 Å². The minimum absolute atomic E-state index is 0.00454. The average Bonchev–Trinajstić information content (AvgIpc) is 2.64. The summed E-state index contributed by atoms with van der Waals surface area (Å²) in [6, 6.07) is 12.1. The van der Waals surface area contributed by atoms with E-state index < -0.39 is 5.97 Å². The quantitative estimate of drug-likeness (QED) is 0.397. The summed E-state index contributed by atoms with van der Waals surface area (Å²) in [7, 11) is 1.56. The highest BCUT2D eigenvalue weighted by Gasteiger charge is 2.12. The number of para-hydroxylation sites is 1. The second-order valence-electron chi connectivity index (χ2n) is 5.43. The first kappa shape index (κ1) is 19.5. The molecule has 136 valence electrons. The van der Waals surface area contributed by atoms with Crippen LogP contribution < -0.4 is 9.47 Å². The van der Waals surface area contributed by atoms with Gasteiger partial charge in [0.1, 0.15) is 11.5 Å². The molecule has 0 amide bonds. The molecule has 6 heteroatoms.